The lowest BCUT2D eigenvalue weighted by Gasteiger charge is -2.40. The third kappa shape index (κ3) is 1.77. The zero-order chi connectivity index (χ0) is 12.7. The molecule has 1 aliphatic heterocycles. The SMILES string of the molecule is CC1NCCN(c2cc(F)cc3ccoc23)C1C. The minimum Gasteiger partial charge on any atom is -0.462 e. The van der Waals surface area contributed by atoms with Crippen LogP contribution in [0.4, 0.5) is 10.1 Å². The van der Waals surface area contributed by atoms with E-state index >= 15 is 0 Å². The molecule has 2 aromatic rings. The van der Waals surface area contributed by atoms with Gasteiger partial charge in [-0.3, -0.25) is 0 Å². The fourth-order valence-electron chi connectivity index (χ4n) is 2.64. The van der Waals surface area contributed by atoms with Gasteiger partial charge in [-0.1, -0.05) is 0 Å². The van der Waals surface area contributed by atoms with Gasteiger partial charge in [0.05, 0.1) is 12.0 Å². The Kier molecular flexibility index (Phi) is 2.74. The summed E-state index contributed by atoms with van der Waals surface area (Å²) >= 11 is 0. The Morgan fingerprint density at radius 2 is 2.22 bits per heavy atom. The number of fused-ring (bicyclic) bond motifs is 1. The van der Waals surface area contributed by atoms with Crippen molar-refractivity contribution in [3.8, 4) is 0 Å². The molecule has 1 aliphatic rings. The number of anilines is 1. The molecular weight excluding hydrogens is 231 g/mol. The highest BCUT2D eigenvalue weighted by Crippen LogP contribution is 2.31. The number of hydrogen-bond donors (Lipinski definition) is 1. The van der Waals surface area contributed by atoms with Gasteiger partial charge in [0.25, 0.3) is 0 Å². The molecule has 0 saturated carbocycles. The summed E-state index contributed by atoms with van der Waals surface area (Å²) in [6.07, 6.45) is 1.61. The third-order valence-electron chi connectivity index (χ3n) is 3.84. The zero-order valence-electron chi connectivity index (χ0n) is 10.6. The van der Waals surface area contributed by atoms with Crippen molar-refractivity contribution < 1.29 is 8.81 Å². The van der Waals surface area contributed by atoms with E-state index in [0.717, 1.165) is 29.7 Å². The third-order valence-corrected chi connectivity index (χ3v) is 3.84. The maximum atomic E-state index is 13.7. The standard InChI is InChI=1S/C14H17FN2O/c1-9-10(2)17(5-4-16-9)13-8-12(15)7-11-3-6-18-14(11)13/h3,6-10,16H,4-5H2,1-2H3. The molecule has 1 saturated heterocycles. The van der Waals surface area contributed by atoms with E-state index in [2.05, 4.69) is 24.1 Å². The number of furan rings is 1. The summed E-state index contributed by atoms with van der Waals surface area (Å²) in [5.41, 5.74) is 1.63. The van der Waals surface area contributed by atoms with Crippen LogP contribution in [0.25, 0.3) is 11.0 Å². The highest BCUT2D eigenvalue weighted by molar-refractivity contribution is 5.89. The Balaban J connectivity index is 2.10. The van der Waals surface area contributed by atoms with Crippen LogP contribution in [-0.2, 0) is 0 Å². The van der Waals surface area contributed by atoms with Crippen LogP contribution in [0, 0.1) is 5.82 Å². The highest BCUT2D eigenvalue weighted by atomic mass is 19.1. The zero-order valence-corrected chi connectivity index (χ0v) is 10.6. The van der Waals surface area contributed by atoms with Crippen LogP contribution >= 0.6 is 0 Å². The van der Waals surface area contributed by atoms with Crippen molar-refractivity contribution in [2.45, 2.75) is 25.9 Å². The number of halogens is 1. The smallest absolute Gasteiger partial charge is 0.157 e. The minimum atomic E-state index is -0.211. The molecule has 96 valence electrons. The van der Waals surface area contributed by atoms with E-state index in [4.69, 9.17) is 4.42 Å². The first-order valence-electron chi connectivity index (χ1n) is 6.33. The van der Waals surface area contributed by atoms with Crippen LogP contribution in [0.2, 0.25) is 0 Å². The maximum Gasteiger partial charge on any atom is 0.157 e. The predicted molar refractivity (Wildman–Crippen MR) is 70.4 cm³/mol. The molecule has 0 radical (unpaired) electrons. The molecule has 3 rings (SSSR count). The molecule has 4 heteroatoms. The maximum absolute atomic E-state index is 13.7. The molecule has 1 aromatic heterocycles. The first-order valence-corrected chi connectivity index (χ1v) is 6.33. The van der Waals surface area contributed by atoms with E-state index in [0.29, 0.717) is 12.1 Å². The van der Waals surface area contributed by atoms with Crippen molar-refractivity contribution in [2.75, 3.05) is 18.0 Å². The molecule has 2 atom stereocenters. The van der Waals surface area contributed by atoms with Gasteiger partial charge in [-0.15, -0.1) is 0 Å². The van der Waals surface area contributed by atoms with Crippen molar-refractivity contribution in [1.82, 2.24) is 5.32 Å². The summed E-state index contributed by atoms with van der Waals surface area (Å²) in [5.74, 6) is -0.211. The van der Waals surface area contributed by atoms with E-state index in [1.807, 2.05) is 0 Å². The van der Waals surface area contributed by atoms with Gasteiger partial charge in [-0.2, -0.15) is 0 Å². The van der Waals surface area contributed by atoms with E-state index in [1.165, 1.54) is 6.07 Å². The summed E-state index contributed by atoms with van der Waals surface area (Å²) < 4.78 is 19.2. The van der Waals surface area contributed by atoms with Crippen LogP contribution < -0.4 is 10.2 Å². The number of nitrogens with one attached hydrogen (secondary N) is 1. The van der Waals surface area contributed by atoms with Gasteiger partial charge in [-0.05, 0) is 26.0 Å². The fourth-order valence-corrected chi connectivity index (χ4v) is 2.64. The van der Waals surface area contributed by atoms with E-state index in [1.54, 1.807) is 18.4 Å². The van der Waals surface area contributed by atoms with Crippen molar-refractivity contribution in [3.63, 3.8) is 0 Å². The van der Waals surface area contributed by atoms with Gasteiger partial charge in [0.1, 0.15) is 5.82 Å². The molecule has 0 amide bonds. The molecule has 2 unspecified atom stereocenters. The molecule has 0 aliphatic carbocycles. The number of benzene rings is 1. The van der Waals surface area contributed by atoms with E-state index in [-0.39, 0.29) is 5.82 Å². The first-order chi connectivity index (χ1) is 8.66. The first kappa shape index (κ1) is 11.5. The molecule has 1 N–H and O–H groups in total. The second-order valence-corrected chi connectivity index (χ2v) is 4.94. The molecular formula is C14H17FN2O. The summed E-state index contributed by atoms with van der Waals surface area (Å²) in [6, 6.07) is 5.58. The van der Waals surface area contributed by atoms with Crippen LogP contribution in [0.5, 0.6) is 0 Å². The Morgan fingerprint density at radius 3 is 3.06 bits per heavy atom. The number of hydrogen-bond acceptors (Lipinski definition) is 3. The Bertz CT molecular complexity index is 566. The predicted octanol–water partition coefficient (Wildman–Crippen LogP) is 2.76. The molecule has 0 bridgehead atoms. The summed E-state index contributed by atoms with van der Waals surface area (Å²) in [6.45, 7) is 6.07. The Morgan fingerprint density at radius 1 is 1.39 bits per heavy atom. The molecule has 1 fully saturated rings. The number of rotatable bonds is 1. The van der Waals surface area contributed by atoms with E-state index in [9.17, 15) is 4.39 Å². The van der Waals surface area contributed by atoms with Crippen molar-refractivity contribution in [1.29, 1.82) is 0 Å². The highest BCUT2D eigenvalue weighted by Gasteiger charge is 2.26. The summed E-state index contributed by atoms with van der Waals surface area (Å²) in [5, 5.41) is 4.24. The quantitative estimate of drug-likeness (QED) is 0.841. The second kappa shape index (κ2) is 4.28. The average Bonchev–Trinajstić information content (AvgIpc) is 2.79. The fraction of sp³-hybridized carbons (Fsp3) is 0.429. The van der Waals surface area contributed by atoms with Crippen molar-refractivity contribution in [3.05, 3.63) is 30.3 Å². The largest absolute Gasteiger partial charge is 0.462 e. The van der Waals surface area contributed by atoms with E-state index < -0.39 is 0 Å². The van der Waals surface area contributed by atoms with Gasteiger partial charge >= 0.3 is 0 Å². The number of nitrogens with zero attached hydrogens (tertiary/aromatic N) is 1. The van der Waals surface area contributed by atoms with Crippen LogP contribution in [0.15, 0.2) is 28.9 Å². The summed E-state index contributed by atoms with van der Waals surface area (Å²) in [4.78, 5) is 2.22. The van der Waals surface area contributed by atoms with Gasteiger partial charge in [0.15, 0.2) is 5.58 Å². The average molecular weight is 248 g/mol. The van der Waals surface area contributed by atoms with Gasteiger partial charge in [0.2, 0.25) is 0 Å². The normalized spacial score (nSPS) is 24.7. The van der Waals surface area contributed by atoms with Crippen LogP contribution in [0.1, 0.15) is 13.8 Å². The lowest BCUT2D eigenvalue weighted by atomic mass is 10.1. The van der Waals surface area contributed by atoms with Crippen LogP contribution in [-0.4, -0.2) is 25.2 Å². The molecule has 0 spiro atoms. The molecule has 2 heterocycles. The van der Waals surface area contributed by atoms with Gasteiger partial charge in [0, 0.05) is 36.6 Å². The van der Waals surface area contributed by atoms with Gasteiger partial charge in [-0.25, -0.2) is 4.39 Å². The topological polar surface area (TPSA) is 28.4 Å². The summed E-state index contributed by atoms with van der Waals surface area (Å²) in [7, 11) is 0. The Hall–Kier alpha value is -1.55. The Labute approximate surface area is 106 Å². The lowest BCUT2D eigenvalue weighted by Crippen LogP contribution is -2.55. The minimum absolute atomic E-state index is 0.211. The molecule has 3 nitrogen and oxygen atoms in total. The molecule has 1 aromatic carbocycles. The van der Waals surface area contributed by atoms with Gasteiger partial charge < -0.3 is 14.6 Å². The van der Waals surface area contributed by atoms with Crippen LogP contribution in [0.3, 0.4) is 0 Å². The number of piperazine rings is 1. The second-order valence-electron chi connectivity index (χ2n) is 4.94. The molecule has 18 heavy (non-hydrogen) atoms. The lowest BCUT2D eigenvalue weighted by molar-refractivity contribution is 0.403. The monoisotopic (exact) mass is 248 g/mol. The van der Waals surface area contributed by atoms with Crippen molar-refractivity contribution >= 4 is 16.7 Å². The van der Waals surface area contributed by atoms with Crippen molar-refractivity contribution in [2.24, 2.45) is 0 Å².